The third kappa shape index (κ3) is 5.00. The van der Waals surface area contributed by atoms with Gasteiger partial charge in [0.05, 0.1) is 14.2 Å². The van der Waals surface area contributed by atoms with Crippen molar-refractivity contribution in [1.29, 1.82) is 0 Å². The molecule has 2 atom stereocenters. The van der Waals surface area contributed by atoms with Crippen LogP contribution in [0.4, 0.5) is 4.39 Å². The summed E-state index contributed by atoms with van der Waals surface area (Å²) in [5.74, 6) is -7.74. The van der Waals surface area contributed by atoms with Crippen molar-refractivity contribution in [1.82, 2.24) is 5.32 Å². The van der Waals surface area contributed by atoms with E-state index in [1.807, 2.05) is 0 Å². The number of aliphatic carboxylic acids is 1. The van der Waals surface area contributed by atoms with E-state index < -0.39 is 47.5 Å². The third-order valence-electron chi connectivity index (χ3n) is 3.60. The molecule has 0 unspecified atom stereocenters. The molecule has 0 heterocycles. The highest BCUT2D eigenvalue weighted by Crippen LogP contribution is 2.20. The van der Waals surface area contributed by atoms with Crippen LogP contribution in [0.1, 0.15) is 17.3 Å². The van der Waals surface area contributed by atoms with Gasteiger partial charge in [0.2, 0.25) is 0 Å². The second kappa shape index (κ2) is 8.76. The molecule has 1 rings (SSSR count). The maximum Gasteiger partial charge on any atom is 0.326 e. The number of esters is 2. The summed E-state index contributed by atoms with van der Waals surface area (Å²) in [6.07, 6.45) is 0. The molecule has 0 saturated carbocycles. The van der Waals surface area contributed by atoms with Gasteiger partial charge in [-0.2, -0.15) is 0 Å². The largest absolute Gasteiger partial charge is 0.480 e. The van der Waals surface area contributed by atoms with E-state index in [0.717, 1.165) is 26.4 Å². The van der Waals surface area contributed by atoms with Crippen LogP contribution < -0.4 is 5.32 Å². The number of carbonyl (C=O) groups excluding carboxylic acids is 3. The number of ether oxygens (including phenoxy) is 2. The Labute approximate surface area is 142 Å². The zero-order valence-corrected chi connectivity index (χ0v) is 13.8. The molecule has 0 aliphatic carbocycles. The maximum atomic E-state index is 13.2. The summed E-state index contributed by atoms with van der Waals surface area (Å²) in [6.45, 7) is 1.28. The molecular formula is C16H18FNO7. The molecule has 9 heteroatoms. The van der Waals surface area contributed by atoms with Crippen LogP contribution in [0.25, 0.3) is 0 Å². The second-order valence-electron chi connectivity index (χ2n) is 5.18. The van der Waals surface area contributed by atoms with Crippen LogP contribution in [0.3, 0.4) is 0 Å². The summed E-state index contributed by atoms with van der Waals surface area (Å²) in [5.41, 5.74) is -0.105. The number of nitrogens with one attached hydrogen (secondary N) is 1. The van der Waals surface area contributed by atoms with E-state index in [1.54, 1.807) is 0 Å². The fraction of sp³-hybridized carbons (Fsp3) is 0.375. The molecule has 0 spiro atoms. The van der Waals surface area contributed by atoms with Gasteiger partial charge in [-0.15, -0.1) is 0 Å². The predicted octanol–water partition coefficient (Wildman–Crippen LogP) is 0.607. The van der Waals surface area contributed by atoms with Crippen LogP contribution in [-0.2, 0) is 23.9 Å². The summed E-state index contributed by atoms with van der Waals surface area (Å²) in [5, 5.41) is 11.5. The number of carboxylic acids is 1. The zero-order valence-electron chi connectivity index (χ0n) is 13.8. The fourth-order valence-corrected chi connectivity index (χ4v) is 2.24. The van der Waals surface area contributed by atoms with Crippen LogP contribution in [0.2, 0.25) is 0 Å². The number of halogens is 1. The van der Waals surface area contributed by atoms with E-state index >= 15 is 0 Å². The van der Waals surface area contributed by atoms with Crippen molar-refractivity contribution in [3.63, 3.8) is 0 Å². The highest BCUT2D eigenvalue weighted by atomic mass is 19.1. The van der Waals surface area contributed by atoms with Crippen LogP contribution >= 0.6 is 0 Å². The Morgan fingerprint density at radius 1 is 1.12 bits per heavy atom. The molecule has 0 saturated heterocycles. The van der Waals surface area contributed by atoms with E-state index in [0.29, 0.717) is 0 Å². The lowest BCUT2D eigenvalue weighted by molar-refractivity contribution is -0.162. The molecular weight excluding hydrogens is 337 g/mol. The Bertz CT molecular complexity index is 660. The molecule has 1 amide bonds. The minimum atomic E-state index is -1.61. The monoisotopic (exact) mass is 355 g/mol. The first-order valence-corrected chi connectivity index (χ1v) is 7.17. The minimum absolute atomic E-state index is 0.105. The van der Waals surface area contributed by atoms with Crippen LogP contribution in [0.5, 0.6) is 0 Å². The topological polar surface area (TPSA) is 119 Å². The van der Waals surface area contributed by atoms with Gasteiger partial charge in [0, 0.05) is 11.5 Å². The van der Waals surface area contributed by atoms with Gasteiger partial charge < -0.3 is 19.9 Å². The lowest BCUT2D eigenvalue weighted by Gasteiger charge is -2.26. The van der Waals surface area contributed by atoms with Gasteiger partial charge in [-0.1, -0.05) is 13.0 Å². The number of hydrogen-bond donors (Lipinski definition) is 2. The Morgan fingerprint density at radius 2 is 1.68 bits per heavy atom. The van der Waals surface area contributed by atoms with E-state index in [4.69, 9.17) is 0 Å². The van der Waals surface area contributed by atoms with E-state index in [9.17, 15) is 28.7 Å². The van der Waals surface area contributed by atoms with E-state index in [1.165, 1.54) is 19.1 Å². The summed E-state index contributed by atoms with van der Waals surface area (Å²) in [4.78, 5) is 47.3. The normalized spacial score (nSPS) is 12.8. The first-order valence-electron chi connectivity index (χ1n) is 7.17. The van der Waals surface area contributed by atoms with Crippen molar-refractivity contribution in [2.24, 2.45) is 11.8 Å². The number of methoxy groups -OCH3 is 2. The van der Waals surface area contributed by atoms with Gasteiger partial charge in [-0.3, -0.25) is 14.4 Å². The molecule has 0 bridgehead atoms. The SMILES string of the molecule is COC(=O)C(C(=O)OC)[C@@H](C)[C@H](NC(=O)c1cccc(F)c1)C(=O)O. The molecule has 0 fully saturated rings. The highest BCUT2D eigenvalue weighted by Gasteiger charge is 2.42. The third-order valence-corrected chi connectivity index (χ3v) is 3.60. The number of carboxylic acid groups (broad SMARTS) is 1. The van der Waals surface area contributed by atoms with Crippen molar-refractivity contribution >= 4 is 23.8 Å². The number of hydrogen-bond acceptors (Lipinski definition) is 6. The average Bonchev–Trinajstić information content (AvgIpc) is 2.58. The zero-order chi connectivity index (χ0) is 19.1. The Hall–Kier alpha value is -2.97. The van der Waals surface area contributed by atoms with Gasteiger partial charge in [0.15, 0.2) is 5.92 Å². The van der Waals surface area contributed by atoms with Crippen molar-refractivity contribution in [2.75, 3.05) is 14.2 Å². The van der Waals surface area contributed by atoms with Crippen molar-refractivity contribution < 1.29 is 38.1 Å². The molecule has 0 radical (unpaired) electrons. The van der Waals surface area contributed by atoms with Crippen molar-refractivity contribution in [2.45, 2.75) is 13.0 Å². The smallest absolute Gasteiger partial charge is 0.326 e. The lowest BCUT2D eigenvalue weighted by atomic mass is 9.87. The quantitative estimate of drug-likeness (QED) is 0.543. The van der Waals surface area contributed by atoms with E-state index in [2.05, 4.69) is 14.8 Å². The summed E-state index contributed by atoms with van der Waals surface area (Å²) in [6, 6.07) is 3.02. The van der Waals surface area contributed by atoms with Gasteiger partial charge >= 0.3 is 17.9 Å². The first-order chi connectivity index (χ1) is 11.7. The summed E-state index contributed by atoms with van der Waals surface area (Å²) < 4.78 is 22.2. The molecule has 25 heavy (non-hydrogen) atoms. The minimum Gasteiger partial charge on any atom is -0.480 e. The predicted molar refractivity (Wildman–Crippen MR) is 82.0 cm³/mol. The Kier molecular flexibility index (Phi) is 7.04. The maximum absolute atomic E-state index is 13.2. The first kappa shape index (κ1) is 20.1. The molecule has 0 aliphatic rings. The molecule has 8 nitrogen and oxygen atoms in total. The number of rotatable bonds is 7. The number of benzene rings is 1. The van der Waals surface area contributed by atoms with Crippen molar-refractivity contribution in [3.05, 3.63) is 35.6 Å². The van der Waals surface area contributed by atoms with Gasteiger partial charge in [0.25, 0.3) is 5.91 Å². The molecule has 0 aromatic heterocycles. The molecule has 0 aliphatic heterocycles. The molecule has 2 N–H and O–H groups in total. The van der Waals surface area contributed by atoms with Gasteiger partial charge in [-0.05, 0) is 18.2 Å². The molecule has 136 valence electrons. The average molecular weight is 355 g/mol. The van der Waals surface area contributed by atoms with Crippen LogP contribution in [0.15, 0.2) is 24.3 Å². The van der Waals surface area contributed by atoms with Crippen LogP contribution in [0, 0.1) is 17.7 Å². The molecule has 1 aromatic rings. The molecule has 1 aromatic carbocycles. The van der Waals surface area contributed by atoms with Crippen molar-refractivity contribution in [3.8, 4) is 0 Å². The van der Waals surface area contributed by atoms with Gasteiger partial charge in [-0.25, -0.2) is 9.18 Å². The fourth-order valence-electron chi connectivity index (χ4n) is 2.24. The number of amides is 1. The number of carbonyl (C=O) groups is 4. The Morgan fingerprint density at radius 3 is 2.12 bits per heavy atom. The van der Waals surface area contributed by atoms with Gasteiger partial charge in [0.1, 0.15) is 11.9 Å². The van der Waals surface area contributed by atoms with E-state index in [-0.39, 0.29) is 5.56 Å². The Balaban J connectivity index is 3.08. The lowest BCUT2D eigenvalue weighted by Crippen LogP contribution is -2.50. The van der Waals surface area contributed by atoms with Crippen LogP contribution in [-0.4, -0.2) is 49.2 Å². The summed E-state index contributed by atoms with van der Waals surface area (Å²) in [7, 11) is 2.07. The highest BCUT2D eigenvalue weighted by molar-refractivity contribution is 5.98. The standard InChI is InChI=1S/C16H18FNO7/c1-8(11(15(22)24-2)16(23)25-3)12(14(20)21)18-13(19)9-5-4-6-10(17)7-9/h4-8,11-12H,1-3H3,(H,18,19)(H,20,21)/t8-,12+/m1/s1. The second-order valence-corrected chi connectivity index (χ2v) is 5.18. The summed E-state index contributed by atoms with van der Waals surface area (Å²) >= 11 is 0.